The highest BCUT2D eigenvalue weighted by molar-refractivity contribution is 5.92. The summed E-state index contributed by atoms with van der Waals surface area (Å²) in [6, 6.07) is 5.46. The first-order valence-corrected chi connectivity index (χ1v) is 10.4. The number of rotatable bonds is 14. The Morgan fingerprint density at radius 3 is 2.22 bits per heavy atom. The number of hydrogen-bond acceptors (Lipinski definition) is 7. The van der Waals surface area contributed by atoms with Gasteiger partial charge in [0.25, 0.3) is 0 Å². The molecule has 0 spiro atoms. The largest absolute Gasteiger partial charge is 0.480 e. The number of benzene rings is 1. The number of unbranched alkanes of at least 4 members (excludes halogenated alkanes) is 1. The van der Waals surface area contributed by atoms with Gasteiger partial charge in [-0.2, -0.15) is 0 Å². The molecule has 0 bridgehead atoms. The summed E-state index contributed by atoms with van der Waals surface area (Å²) >= 11 is 0. The Labute approximate surface area is 186 Å². The van der Waals surface area contributed by atoms with Gasteiger partial charge in [-0.3, -0.25) is 14.4 Å². The van der Waals surface area contributed by atoms with Gasteiger partial charge in [0.05, 0.1) is 12.6 Å². The molecular weight excluding hydrogens is 418 g/mol. The van der Waals surface area contributed by atoms with Gasteiger partial charge in [0, 0.05) is 6.42 Å². The van der Waals surface area contributed by atoms with Crippen LogP contribution >= 0.6 is 0 Å². The van der Waals surface area contributed by atoms with Gasteiger partial charge in [-0.15, -0.1) is 0 Å². The second-order valence-corrected chi connectivity index (χ2v) is 7.48. The molecule has 0 aliphatic rings. The van der Waals surface area contributed by atoms with Crippen LogP contribution in [0.3, 0.4) is 0 Å². The van der Waals surface area contributed by atoms with E-state index in [9.17, 15) is 29.4 Å². The van der Waals surface area contributed by atoms with Crippen LogP contribution in [0.5, 0.6) is 0 Å². The van der Waals surface area contributed by atoms with E-state index >= 15 is 0 Å². The van der Waals surface area contributed by atoms with Gasteiger partial charge in [0.15, 0.2) is 0 Å². The van der Waals surface area contributed by atoms with Crippen molar-refractivity contribution in [1.29, 1.82) is 0 Å². The van der Waals surface area contributed by atoms with Crippen LogP contribution in [-0.4, -0.2) is 71.2 Å². The Bertz CT molecular complexity index is 758. The number of carboxylic acid groups (broad SMARTS) is 1. The van der Waals surface area contributed by atoms with E-state index in [4.69, 9.17) is 11.5 Å². The van der Waals surface area contributed by atoms with Crippen molar-refractivity contribution in [2.45, 2.75) is 56.8 Å². The predicted molar refractivity (Wildman–Crippen MR) is 117 cm³/mol. The molecule has 1 aromatic carbocycles. The van der Waals surface area contributed by atoms with Gasteiger partial charge < -0.3 is 37.6 Å². The smallest absolute Gasteiger partial charge is 0.326 e. The number of carboxylic acids is 1. The van der Waals surface area contributed by atoms with E-state index in [0.29, 0.717) is 19.4 Å². The van der Waals surface area contributed by atoms with Crippen molar-refractivity contribution in [3.05, 3.63) is 35.9 Å². The number of hydrogen-bond donors (Lipinski definition) is 7. The maximum Gasteiger partial charge on any atom is 0.326 e. The third kappa shape index (κ3) is 9.86. The fourth-order valence-electron chi connectivity index (χ4n) is 2.83. The van der Waals surface area contributed by atoms with Gasteiger partial charge in [0.2, 0.25) is 17.7 Å². The van der Waals surface area contributed by atoms with Gasteiger partial charge in [-0.25, -0.2) is 4.79 Å². The summed E-state index contributed by atoms with van der Waals surface area (Å²) in [5.74, 6) is -3.22. The highest BCUT2D eigenvalue weighted by atomic mass is 16.4. The summed E-state index contributed by atoms with van der Waals surface area (Å²) in [5, 5.41) is 26.1. The summed E-state index contributed by atoms with van der Waals surface area (Å²) in [4.78, 5) is 48.4. The molecule has 0 radical (unpaired) electrons. The van der Waals surface area contributed by atoms with E-state index in [1.807, 2.05) is 0 Å². The molecule has 3 amide bonds. The fourth-order valence-corrected chi connectivity index (χ4v) is 2.83. The zero-order valence-electron chi connectivity index (χ0n) is 18.1. The second-order valence-electron chi connectivity index (χ2n) is 7.48. The monoisotopic (exact) mass is 451 g/mol. The van der Waals surface area contributed by atoms with Crippen molar-refractivity contribution in [3.63, 3.8) is 0 Å². The van der Waals surface area contributed by atoms with Crippen molar-refractivity contribution in [2.24, 2.45) is 11.5 Å². The van der Waals surface area contributed by atoms with Crippen LogP contribution in [0.25, 0.3) is 0 Å². The van der Waals surface area contributed by atoms with Crippen molar-refractivity contribution >= 4 is 23.7 Å². The lowest BCUT2D eigenvalue weighted by atomic mass is 10.0. The van der Waals surface area contributed by atoms with Crippen molar-refractivity contribution in [2.75, 3.05) is 13.1 Å². The summed E-state index contributed by atoms with van der Waals surface area (Å²) in [6.45, 7) is 1.30. The maximum absolute atomic E-state index is 12.8. The molecular formula is C21H33N5O6. The van der Waals surface area contributed by atoms with Crippen molar-refractivity contribution in [1.82, 2.24) is 16.0 Å². The number of aliphatic hydroxyl groups excluding tert-OH is 1. The van der Waals surface area contributed by atoms with E-state index < -0.39 is 54.5 Å². The minimum atomic E-state index is -1.20. The molecule has 0 fully saturated rings. The number of carbonyl (C=O) groups is 4. The van der Waals surface area contributed by atoms with Gasteiger partial charge >= 0.3 is 5.97 Å². The molecule has 32 heavy (non-hydrogen) atoms. The first-order valence-electron chi connectivity index (χ1n) is 10.4. The van der Waals surface area contributed by atoms with Crippen LogP contribution in [-0.2, 0) is 25.6 Å². The van der Waals surface area contributed by atoms with Crippen molar-refractivity contribution in [3.8, 4) is 0 Å². The van der Waals surface area contributed by atoms with Crippen LogP contribution < -0.4 is 27.4 Å². The van der Waals surface area contributed by atoms with E-state index in [1.54, 1.807) is 30.3 Å². The minimum Gasteiger partial charge on any atom is -0.480 e. The standard InChI is InChI=1S/C21H33N5O6/c1-13(27)18(23)20(30)24-12-17(28)25-15(9-5-6-10-22)19(29)26-16(21(31)32)11-14-7-3-2-4-8-14/h2-4,7-8,13,15-16,18,27H,5-6,9-12,22-23H2,1H3,(H,24,30)(H,25,28)(H,26,29)(H,31,32). The SMILES string of the molecule is CC(O)C(N)C(=O)NCC(=O)NC(CCCCN)C(=O)NC(Cc1ccccc1)C(=O)O. The van der Waals surface area contributed by atoms with E-state index in [0.717, 1.165) is 5.56 Å². The Kier molecular flexibility index (Phi) is 11.9. The molecule has 0 heterocycles. The zero-order valence-corrected chi connectivity index (χ0v) is 18.1. The Morgan fingerprint density at radius 2 is 1.66 bits per heavy atom. The molecule has 178 valence electrons. The van der Waals surface area contributed by atoms with E-state index in [2.05, 4.69) is 16.0 Å². The van der Waals surface area contributed by atoms with Crippen LogP contribution in [0.15, 0.2) is 30.3 Å². The Balaban J connectivity index is 2.75. The molecule has 0 aliphatic carbocycles. The number of nitrogens with two attached hydrogens (primary N) is 2. The second kappa shape index (κ2) is 14.1. The van der Waals surface area contributed by atoms with Crippen LogP contribution in [0.4, 0.5) is 0 Å². The summed E-state index contributed by atoms with van der Waals surface area (Å²) in [7, 11) is 0. The average Bonchev–Trinajstić information content (AvgIpc) is 2.76. The maximum atomic E-state index is 12.8. The molecule has 11 nitrogen and oxygen atoms in total. The molecule has 11 heteroatoms. The number of aliphatic carboxylic acids is 1. The number of amides is 3. The molecule has 0 saturated heterocycles. The highest BCUT2D eigenvalue weighted by Crippen LogP contribution is 2.06. The predicted octanol–water partition coefficient (Wildman–Crippen LogP) is -1.76. The molecule has 9 N–H and O–H groups in total. The normalized spacial score (nSPS) is 14.5. The summed E-state index contributed by atoms with van der Waals surface area (Å²) < 4.78 is 0. The summed E-state index contributed by atoms with van der Waals surface area (Å²) in [5.41, 5.74) is 11.7. The zero-order chi connectivity index (χ0) is 24.1. The van der Waals surface area contributed by atoms with Crippen LogP contribution in [0, 0.1) is 0 Å². The quantitative estimate of drug-likeness (QED) is 0.161. The number of aliphatic hydroxyl groups is 1. The minimum absolute atomic E-state index is 0.0820. The molecule has 4 unspecified atom stereocenters. The summed E-state index contributed by atoms with van der Waals surface area (Å²) in [6.07, 6.45) is 0.383. The lowest BCUT2D eigenvalue weighted by Gasteiger charge is -2.22. The molecule has 0 aromatic heterocycles. The van der Waals surface area contributed by atoms with Gasteiger partial charge in [-0.1, -0.05) is 30.3 Å². The van der Waals surface area contributed by atoms with Crippen LogP contribution in [0.2, 0.25) is 0 Å². The molecule has 1 rings (SSSR count). The third-order valence-corrected chi connectivity index (χ3v) is 4.74. The molecule has 4 atom stereocenters. The molecule has 0 saturated carbocycles. The number of carbonyl (C=O) groups excluding carboxylic acids is 3. The molecule has 1 aromatic rings. The first kappa shape index (κ1) is 27.0. The Morgan fingerprint density at radius 1 is 1.00 bits per heavy atom. The van der Waals surface area contributed by atoms with Gasteiger partial charge in [-0.05, 0) is 38.3 Å². The van der Waals surface area contributed by atoms with E-state index in [-0.39, 0.29) is 12.8 Å². The highest BCUT2D eigenvalue weighted by Gasteiger charge is 2.27. The third-order valence-electron chi connectivity index (χ3n) is 4.74. The lowest BCUT2D eigenvalue weighted by molar-refractivity contribution is -0.142. The van der Waals surface area contributed by atoms with E-state index in [1.165, 1.54) is 6.92 Å². The van der Waals surface area contributed by atoms with Crippen molar-refractivity contribution < 1.29 is 29.4 Å². The average molecular weight is 452 g/mol. The topological polar surface area (TPSA) is 197 Å². The first-order chi connectivity index (χ1) is 15.1. The van der Waals surface area contributed by atoms with Gasteiger partial charge in [0.1, 0.15) is 18.1 Å². The Hall–Kier alpha value is -3.02. The lowest BCUT2D eigenvalue weighted by Crippen LogP contribution is -2.54. The fraction of sp³-hybridized carbons (Fsp3) is 0.524. The van der Waals surface area contributed by atoms with Crippen LogP contribution in [0.1, 0.15) is 31.7 Å². The number of nitrogens with one attached hydrogen (secondary N) is 3. The molecule has 0 aliphatic heterocycles.